The van der Waals surface area contributed by atoms with Gasteiger partial charge in [0.05, 0.1) is 6.21 Å². The van der Waals surface area contributed by atoms with Crippen molar-refractivity contribution in [1.82, 2.24) is 19.9 Å². The first-order valence-corrected chi connectivity index (χ1v) is 8.71. The average Bonchev–Trinajstić information content (AvgIpc) is 3.29. The monoisotopic (exact) mass is 362 g/mol. The minimum atomic E-state index is -0.543. The Morgan fingerprint density at radius 1 is 1.33 bits per heavy atom. The molecule has 0 bridgehead atoms. The second kappa shape index (κ2) is 7.23. The Kier molecular flexibility index (Phi) is 4.87. The summed E-state index contributed by atoms with van der Waals surface area (Å²) in [4.78, 5) is 25.8. The van der Waals surface area contributed by atoms with Crippen LogP contribution in [0, 0.1) is 0 Å². The van der Waals surface area contributed by atoms with Crippen LogP contribution in [0.1, 0.15) is 15.6 Å². The van der Waals surface area contributed by atoms with E-state index in [1.807, 2.05) is 35.0 Å². The summed E-state index contributed by atoms with van der Waals surface area (Å²) >= 11 is 3.05. The fourth-order valence-electron chi connectivity index (χ4n) is 1.96. The molecule has 124 valence electrons. The van der Waals surface area contributed by atoms with Gasteiger partial charge >= 0.3 is 5.69 Å². The number of nitrogen functional groups attached to an aromatic ring is 1. The van der Waals surface area contributed by atoms with Gasteiger partial charge in [0.2, 0.25) is 0 Å². The first-order chi connectivity index (χ1) is 11.6. The molecule has 0 radical (unpaired) electrons. The predicted molar refractivity (Wildman–Crippen MR) is 93.8 cm³/mol. The lowest BCUT2D eigenvalue weighted by Gasteiger charge is -1.98. The van der Waals surface area contributed by atoms with E-state index in [1.165, 1.54) is 17.6 Å². The van der Waals surface area contributed by atoms with Gasteiger partial charge in [-0.05, 0) is 22.9 Å². The number of aromatic nitrogens is 3. The molecule has 10 heteroatoms. The summed E-state index contributed by atoms with van der Waals surface area (Å²) < 4.78 is 1.99. The fourth-order valence-corrected chi connectivity index (χ4v) is 3.25. The van der Waals surface area contributed by atoms with Gasteiger partial charge in [-0.1, -0.05) is 12.1 Å². The average molecular weight is 362 g/mol. The first kappa shape index (κ1) is 16.1. The molecule has 0 aliphatic rings. The molecule has 0 aliphatic carbocycles. The van der Waals surface area contributed by atoms with Gasteiger partial charge in [-0.15, -0.1) is 22.7 Å². The van der Waals surface area contributed by atoms with E-state index in [2.05, 4.69) is 15.6 Å². The standard InChI is InChI=1S/C14H14N6O2S2/c15-20-12(7-10-3-1-5-23-10)18-19(14(20)22)9-13(21)17-16-8-11-4-2-6-24-11/h1-6,8H,7,9,15H2,(H,17,21)/b16-8+. The number of nitrogens with one attached hydrogen (secondary N) is 1. The molecule has 0 aromatic carbocycles. The zero-order chi connectivity index (χ0) is 16.9. The number of hydrazone groups is 1. The van der Waals surface area contributed by atoms with Crippen molar-refractivity contribution >= 4 is 34.8 Å². The van der Waals surface area contributed by atoms with Crippen molar-refractivity contribution in [3.05, 3.63) is 61.1 Å². The highest BCUT2D eigenvalue weighted by Gasteiger charge is 2.14. The van der Waals surface area contributed by atoms with Gasteiger partial charge in [-0.2, -0.15) is 14.9 Å². The van der Waals surface area contributed by atoms with E-state index >= 15 is 0 Å². The fraction of sp³-hybridized carbons (Fsp3) is 0.143. The van der Waals surface area contributed by atoms with Crippen LogP contribution in [0.3, 0.4) is 0 Å². The van der Waals surface area contributed by atoms with Crippen LogP contribution in [0.25, 0.3) is 0 Å². The summed E-state index contributed by atoms with van der Waals surface area (Å²) in [6.45, 7) is -0.248. The van der Waals surface area contributed by atoms with Crippen molar-refractivity contribution in [1.29, 1.82) is 0 Å². The molecule has 0 fully saturated rings. The van der Waals surface area contributed by atoms with Crippen molar-refractivity contribution in [2.45, 2.75) is 13.0 Å². The van der Waals surface area contributed by atoms with Crippen LogP contribution in [-0.4, -0.2) is 26.6 Å². The lowest BCUT2D eigenvalue weighted by molar-refractivity contribution is -0.121. The molecule has 8 nitrogen and oxygen atoms in total. The van der Waals surface area contributed by atoms with E-state index < -0.39 is 11.6 Å². The van der Waals surface area contributed by atoms with E-state index in [1.54, 1.807) is 11.3 Å². The highest BCUT2D eigenvalue weighted by Crippen LogP contribution is 2.11. The second-order valence-electron chi connectivity index (χ2n) is 4.79. The molecule has 0 saturated carbocycles. The molecular weight excluding hydrogens is 348 g/mol. The van der Waals surface area contributed by atoms with Crippen molar-refractivity contribution in [3.63, 3.8) is 0 Å². The van der Waals surface area contributed by atoms with Crippen molar-refractivity contribution < 1.29 is 4.79 Å². The molecule has 0 aliphatic heterocycles. The van der Waals surface area contributed by atoms with Crippen LogP contribution < -0.4 is 17.0 Å². The van der Waals surface area contributed by atoms with Crippen molar-refractivity contribution in [2.24, 2.45) is 5.10 Å². The SMILES string of the molecule is Nn1c(Cc2cccs2)nn(CC(=O)N/N=C/c2cccs2)c1=O. The van der Waals surface area contributed by atoms with Gasteiger partial charge in [0.1, 0.15) is 6.54 Å². The number of nitrogens with two attached hydrogens (primary N) is 1. The third kappa shape index (κ3) is 3.78. The lowest BCUT2D eigenvalue weighted by Crippen LogP contribution is -2.34. The van der Waals surface area contributed by atoms with E-state index in [0.29, 0.717) is 12.2 Å². The third-order valence-corrected chi connectivity index (χ3v) is 4.75. The van der Waals surface area contributed by atoms with Gasteiger partial charge in [-0.3, -0.25) is 4.79 Å². The minimum Gasteiger partial charge on any atom is -0.333 e. The highest BCUT2D eigenvalue weighted by atomic mass is 32.1. The molecule has 3 heterocycles. The molecule has 0 spiro atoms. The van der Waals surface area contributed by atoms with Crippen molar-refractivity contribution in [3.8, 4) is 0 Å². The van der Waals surface area contributed by atoms with Crippen LogP contribution >= 0.6 is 22.7 Å². The molecule has 3 N–H and O–H groups in total. The predicted octanol–water partition coefficient (Wildman–Crippen LogP) is 0.623. The number of carbonyl (C=O) groups is 1. The zero-order valence-corrected chi connectivity index (χ0v) is 14.1. The smallest absolute Gasteiger partial charge is 0.333 e. The maximum Gasteiger partial charge on any atom is 0.365 e. The Balaban J connectivity index is 1.64. The maximum absolute atomic E-state index is 12.0. The van der Waals surface area contributed by atoms with Gasteiger partial charge in [-0.25, -0.2) is 14.9 Å². The van der Waals surface area contributed by atoms with Gasteiger partial charge < -0.3 is 5.84 Å². The molecule has 3 aromatic heterocycles. The number of thiophene rings is 2. The Labute approximate surface area is 144 Å². The van der Waals surface area contributed by atoms with Gasteiger partial charge in [0, 0.05) is 16.2 Å². The molecule has 3 aromatic rings. The number of hydrogen-bond donors (Lipinski definition) is 2. The first-order valence-electron chi connectivity index (χ1n) is 6.95. The zero-order valence-electron chi connectivity index (χ0n) is 12.5. The van der Waals surface area contributed by atoms with Crippen LogP contribution in [0.2, 0.25) is 0 Å². The number of rotatable bonds is 6. The van der Waals surface area contributed by atoms with Crippen LogP contribution in [0.5, 0.6) is 0 Å². The summed E-state index contributed by atoms with van der Waals surface area (Å²) in [5.74, 6) is 5.67. The van der Waals surface area contributed by atoms with Gasteiger partial charge in [0.15, 0.2) is 5.82 Å². The summed E-state index contributed by atoms with van der Waals surface area (Å²) in [5, 5.41) is 11.8. The molecule has 1 amide bonds. The third-order valence-electron chi connectivity index (χ3n) is 3.07. The molecular formula is C14H14N6O2S2. The van der Waals surface area contributed by atoms with E-state index in [4.69, 9.17) is 5.84 Å². The quantitative estimate of drug-likeness (QED) is 0.381. The van der Waals surface area contributed by atoms with Crippen LogP contribution in [-0.2, 0) is 17.8 Å². The van der Waals surface area contributed by atoms with Crippen LogP contribution in [0.4, 0.5) is 0 Å². The van der Waals surface area contributed by atoms with E-state index in [-0.39, 0.29) is 6.54 Å². The van der Waals surface area contributed by atoms with Crippen LogP contribution in [0.15, 0.2) is 44.9 Å². The Bertz CT molecular complexity index is 892. The minimum absolute atomic E-state index is 0.248. The summed E-state index contributed by atoms with van der Waals surface area (Å²) in [6.07, 6.45) is 1.98. The number of nitrogens with zero attached hydrogens (tertiary/aromatic N) is 4. The highest BCUT2D eigenvalue weighted by molar-refractivity contribution is 7.11. The second-order valence-corrected chi connectivity index (χ2v) is 6.80. The number of carbonyl (C=O) groups excluding carboxylic acids is 1. The molecule has 0 unspecified atom stereocenters. The summed E-state index contributed by atoms with van der Waals surface area (Å²) in [5.41, 5.74) is 1.82. The van der Waals surface area contributed by atoms with Crippen molar-refractivity contribution in [2.75, 3.05) is 5.84 Å². The molecule has 24 heavy (non-hydrogen) atoms. The molecule has 3 rings (SSSR count). The Hall–Kier alpha value is -2.72. The Morgan fingerprint density at radius 2 is 2.12 bits per heavy atom. The topological polar surface area (TPSA) is 107 Å². The normalized spacial score (nSPS) is 11.2. The number of amides is 1. The Morgan fingerprint density at radius 3 is 2.83 bits per heavy atom. The largest absolute Gasteiger partial charge is 0.365 e. The number of hydrogen-bond acceptors (Lipinski definition) is 7. The van der Waals surface area contributed by atoms with Gasteiger partial charge in [0.25, 0.3) is 5.91 Å². The summed E-state index contributed by atoms with van der Waals surface area (Å²) in [7, 11) is 0. The van der Waals surface area contributed by atoms with E-state index in [9.17, 15) is 9.59 Å². The maximum atomic E-state index is 12.0. The summed E-state index contributed by atoms with van der Waals surface area (Å²) in [6, 6.07) is 7.60. The molecule has 0 saturated heterocycles. The lowest BCUT2D eigenvalue weighted by atomic mass is 10.3. The molecule has 0 atom stereocenters. The van der Waals surface area contributed by atoms with E-state index in [0.717, 1.165) is 19.1 Å².